The van der Waals surface area contributed by atoms with E-state index in [1.165, 1.54) is 6.20 Å². The first-order chi connectivity index (χ1) is 6.20. The zero-order valence-electron chi connectivity index (χ0n) is 7.50. The third-order valence-electron chi connectivity index (χ3n) is 1.12. The molecule has 0 bridgehead atoms. The molecule has 0 aliphatic rings. The Kier molecular flexibility index (Phi) is 7.29. The third kappa shape index (κ3) is 7.52. The van der Waals surface area contributed by atoms with Crippen LogP contribution in [0.15, 0.2) is 15.7 Å². The molecule has 13 heavy (non-hydrogen) atoms. The van der Waals surface area contributed by atoms with Gasteiger partial charge < -0.3 is 10.5 Å². The molecule has 0 spiro atoms. The summed E-state index contributed by atoms with van der Waals surface area (Å²) in [5.41, 5.74) is 5.17. The third-order valence-corrected chi connectivity index (χ3v) is 1.59. The molecule has 0 fully saturated rings. The largest absolute Gasteiger partial charge is 0.466 e. The van der Waals surface area contributed by atoms with Crippen molar-refractivity contribution in [3.05, 3.63) is 10.7 Å². The fourth-order valence-corrected chi connectivity index (χ4v) is 0.729. The second-order valence-electron chi connectivity index (χ2n) is 2.14. The van der Waals surface area contributed by atoms with Crippen LogP contribution >= 0.6 is 15.9 Å². The number of aliphatic imine (C=N–C) groups is 1. The Morgan fingerprint density at radius 2 is 2.38 bits per heavy atom. The van der Waals surface area contributed by atoms with Crippen LogP contribution in [-0.2, 0) is 9.53 Å². The smallest absolute Gasteiger partial charge is 0.307 e. The lowest BCUT2D eigenvalue weighted by Gasteiger charge is -1.97. The summed E-state index contributed by atoms with van der Waals surface area (Å²) in [6, 6.07) is 0. The number of carbonyl (C=O) groups excluding carboxylic acids is 1. The van der Waals surface area contributed by atoms with E-state index in [4.69, 9.17) is 10.5 Å². The highest BCUT2D eigenvalue weighted by Gasteiger charge is 1.98. The van der Waals surface area contributed by atoms with Gasteiger partial charge in [0.05, 0.1) is 17.5 Å². The van der Waals surface area contributed by atoms with E-state index in [-0.39, 0.29) is 5.97 Å². The van der Waals surface area contributed by atoms with Crippen molar-refractivity contribution in [1.82, 2.24) is 0 Å². The minimum absolute atomic E-state index is 0.229. The summed E-state index contributed by atoms with van der Waals surface area (Å²) in [7, 11) is 0. The van der Waals surface area contributed by atoms with Crippen molar-refractivity contribution in [2.75, 3.05) is 13.2 Å². The lowest BCUT2D eigenvalue weighted by atomic mass is 10.4. The first kappa shape index (κ1) is 12.2. The van der Waals surface area contributed by atoms with Gasteiger partial charge in [-0.2, -0.15) is 0 Å². The van der Waals surface area contributed by atoms with Gasteiger partial charge in [0.1, 0.15) is 0 Å². The van der Waals surface area contributed by atoms with E-state index >= 15 is 0 Å². The lowest BCUT2D eigenvalue weighted by Crippen LogP contribution is -2.05. The summed E-state index contributed by atoms with van der Waals surface area (Å²) in [4.78, 5) is 14.8. The van der Waals surface area contributed by atoms with Crippen molar-refractivity contribution in [3.8, 4) is 0 Å². The number of rotatable bonds is 5. The Morgan fingerprint density at radius 1 is 1.69 bits per heavy atom. The Balaban J connectivity index is 3.55. The van der Waals surface area contributed by atoms with E-state index in [1.807, 2.05) is 0 Å². The maximum Gasteiger partial charge on any atom is 0.307 e. The summed E-state index contributed by atoms with van der Waals surface area (Å²) in [6.45, 7) is 2.60. The van der Waals surface area contributed by atoms with Crippen LogP contribution in [0.5, 0.6) is 0 Å². The maximum atomic E-state index is 10.8. The van der Waals surface area contributed by atoms with E-state index in [9.17, 15) is 4.79 Å². The van der Waals surface area contributed by atoms with Crippen molar-refractivity contribution in [2.45, 2.75) is 13.3 Å². The second-order valence-corrected chi connectivity index (χ2v) is 3.06. The molecule has 0 atom stereocenters. The van der Waals surface area contributed by atoms with Gasteiger partial charge >= 0.3 is 5.97 Å². The van der Waals surface area contributed by atoms with Crippen molar-refractivity contribution < 1.29 is 9.53 Å². The van der Waals surface area contributed by atoms with Crippen molar-refractivity contribution in [2.24, 2.45) is 10.7 Å². The number of esters is 1. The summed E-state index contributed by atoms with van der Waals surface area (Å²) >= 11 is 3.15. The van der Waals surface area contributed by atoms with Gasteiger partial charge in [0.25, 0.3) is 0 Å². The van der Waals surface area contributed by atoms with E-state index < -0.39 is 0 Å². The predicted molar refractivity (Wildman–Crippen MR) is 55.8 cm³/mol. The molecule has 0 amide bonds. The SMILES string of the molecule is CCOC(=O)CCN=CC(Br)=CN. The van der Waals surface area contributed by atoms with Crippen LogP contribution in [0.3, 0.4) is 0 Å². The maximum absolute atomic E-state index is 10.8. The molecule has 0 aromatic heterocycles. The fourth-order valence-electron chi connectivity index (χ4n) is 0.584. The van der Waals surface area contributed by atoms with Crippen molar-refractivity contribution in [1.29, 1.82) is 0 Å². The van der Waals surface area contributed by atoms with E-state index in [1.54, 1.807) is 13.1 Å². The fraction of sp³-hybridized carbons (Fsp3) is 0.500. The average molecular weight is 249 g/mol. The molecule has 74 valence electrons. The predicted octanol–water partition coefficient (Wildman–Crippen LogP) is 1.21. The normalized spacial score (nSPS) is 12.0. The van der Waals surface area contributed by atoms with E-state index in [2.05, 4.69) is 20.9 Å². The molecule has 0 aromatic rings. The molecular weight excluding hydrogens is 236 g/mol. The molecular formula is C8H13BrN2O2. The molecule has 0 aliphatic carbocycles. The van der Waals surface area contributed by atoms with E-state index in [0.717, 1.165) is 0 Å². The van der Waals surface area contributed by atoms with Crippen molar-refractivity contribution in [3.63, 3.8) is 0 Å². The number of nitrogens with two attached hydrogens (primary N) is 1. The quantitative estimate of drug-likeness (QED) is 0.588. The van der Waals surface area contributed by atoms with Crippen LogP contribution in [0.25, 0.3) is 0 Å². The monoisotopic (exact) mass is 248 g/mol. The van der Waals surface area contributed by atoms with Gasteiger partial charge in [0.15, 0.2) is 0 Å². The zero-order chi connectivity index (χ0) is 10.1. The number of hydrogen-bond acceptors (Lipinski definition) is 4. The van der Waals surface area contributed by atoms with Crippen LogP contribution in [0.1, 0.15) is 13.3 Å². The Morgan fingerprint density at radius 3 is 2.92 bits per heavy atom. The first-order valence-electron chi connectivity index (χ1n) is 3.93. The highest BCUT2D eigenvalue weighted by atomic mass is 79.9. The van der Waals surface area contributed by atoms with Gasteiger partial charge in [0.2, 0.25) is 0 Å². The number of ether oxygens (including phenoxy) is 1. The molecule has 0 saturated heterocycles. The van der Waals surface area contributed by atoms with Crippen LogP contribution in [-0.4, -0.2) is 25.3 Å². The average Bonchev–Trinajstić information content (AvgIpc) is 2.12. The summed E-state index contributed by atoms with van der Waals surface area (Å²) in [5, 5.41) is 0. The molecule has 0 unspecified atom stereocenters. The number of allylic oxidation sites excluding steroid dienone is 1. The number of hydrogen-bond donors (Lipinski definition) is 1. The molecule has 0 heterocycles. The first-order valence-corrected chi connectivity index (χ1v) is 4.72. The van der Waals surface area contributed by atoms with E-state index in [0.29, 0.717) is 24.1 Å². The van der Waals surface area contributed by atoms with Crippen LogP contribution < -0.4 is 5.73 Å². The molecule has 2 N–H and O–H groups in total. The highest BCUT2D eigenvalue weighted by Crippen LogP contribution is 1.97. The molecule has 0 aromatic carbocycles. The molecule has 0 rings (SSSR count). The molecule has 5 heteroatoms. The van der Waals surface area contributed by atoms with Crippen molar-refractivity contribution >= 4 is 28.1 Å². The van der Waals surface area contributed by atoms with Crippen LogP contribution in [0, 0.1) is 0 Å². The zero-order valence-corrected chi connectivity index (χ0v) is 9.08. The highest BCUT2D eigenvalue weighted by molar-refractivity contribution is 9.12. The van der Waals surface area contributed by atoms with Crippen LogP contribution in [0.4, 0.5) is 0 Å². The summed E-state index contributed by atoms with van der Waals surface area (Å²) < 4.78 is 5.40. The molecule has 0 saturated carbocycles. The topological polar surface area (TPSA) is 64.7 Å². The Hall–Kier alpha value is -0.840. The van der Waals surface area contributed by atoms with Gasteiger partial charge in [-0.25, -0.2) is 0 Å². The van der Waals surface area contributed by atoms with Crippen LogP contribution in [0.2, 0.25) is 0 Å². The van der Waals surface area contributed by atoms with Gasteiger partial charge in [0, 0.05) is 19.0 Å². The van der Waals surface area contributed by atoms with Gasteiger partial charge in [-0.05, 0) is 22.9 Å². The minimum Gasteiger partial charge on any atom is -0.466 e. The van der Waals surface area contributed by atoms with Gasteiger partial charge in [-0.1, -0.05) is 0 Å². The Labute approximate surface area is 86.0 Å². The Bertz CT molecular complexity index is 214. The second kappa shape index (κ2) is 7.79. The lowest BCUT2D eigenvalue weighted by molar-refractivity contribution is -0.142. The summed E-state index contributed by atoms with van der Waals surface area (Å²) in [5.74, 6) is -0.229. The number of halogens is 1. The standard InChI is InChI=1S/C8H13BrN2O2/c1-2-13-8(12)3-4-11-6-7(9)5-10/h5-6H,2-4,10H2,1H3. The molecule has 0 aliphatic heterocycles. The minimum atomic E-state index is -0.229. The number of nitrogens with zero attached hydrogens (tertiary/aromatic N) is 1. The molecule has 0 radical (unpaired) electrons. The van der Waals surface area contributed by atoms with Gasteiger partial charge in [-0.3, -0.25) is 9.79 Å². The number of carbonyl (C=O) groups is 1. The summed E-state index contributed by atoms with van der Waals surface area (Å²) in [6.07, 6.45) is 3.24. The molecule has 4 nitrogen and oxygen atoms in total. The van der Waals surface area contributed by atoms with Gasteiger partial charge in [-0.15, -0.1) is 0 Å².